The fraction of sp³-hybridized carbons (Fsp3) is 0.333. The molecule has 2 amide bonds. The molecule has 1 saturated heterocycles. The van der Waals surface area contributed by atoms with Gasteiger partial charge in [-0.25, -0.2) is 0 Å². The number of anilines is 1. The molecule has 2 heterocycles. The van der Waals surface area contributed by atoms with Gasteiger partial charge in [0.2, 0.25) is 0 Å². The van der Waals surface area contributed by atoms with Gasteiger partial charge in [-0.3, -0.25) is 9.59 Å². The lowest BCUT2D eigenvalue weighted by molar-refractivity contribution is 0.0736. The van der Waals surface area contributed by atoms with Gasteiger partial charge in [0.25, 0.3) is 11.8 Å². The van der Waals surface area contributed by atoms with Crippen LogP contribution in [0.1, 0.15) is 32.9 Å². The van der Waals surface area contributed by atoms with Gasteiger partial charge in [0.15, 0.2) is 0 Å². The maximum atomic E-state index is 12.9. The number of nitrogens with zero attached hydrogens (tertiary/aromatic N) is 1. The van der Waals surface area contributed by atoms with Crippen LogP contribution >= 0.6 is 35.3 Å². The van der Waals surface area contributed by atoms with Crippen molar-refractivity contribution in [2.75, 3.05) is 25.5 Å². The van der Waals surface area contributed by atoms with E-state index >= 15 is 0 Å². The van der Waals surface area contributed by atoms with Crippen molar-refractivity contribution in [1.29, 1.82) is 0 Å². The fourth-order valence-corrected chi connectivity index (χ4v) is 3.85. The van der Waals surface area contributed by atoms with Crippen molar-refractivity contribution < 1.29 is 9.59 Å². The van der Waals surface area contributed by atoms with Crippen LogP contribution in [0, 0.1) is 0 Å². The Hall–Kier alpha value is -1.60. The number of nitrogens with one attached hydrogen (secondary N) is 2. The van der Waals surface area contributed by atoms with E-state index in [-0.39, 0.29) is 30.3 Å². The molecule has 5 nitrogen and oxygen atoms in total. The number of carbonyl (C=O) groups is 2. The highest BCUT2D eigenvalue weighted by molar-refractivity contribution is 7.12. The first kappa shape index (κ1) is 20.7. The zero-order valence-electron chi connectivity index (χ0n) is 14.3. The van der Waals surface area contributed by atoms with Crippen LogP contribution in [0.4, 0.5) is 5.69 Å². The number of likely N-dealkylation sites (N-methyl/N-ethyl adjacent to an activating group) is 1. The lowest BCUT2D eigenvalue weighted by Crippen LogP contribution is -2.40. The van der Waals surface area contributed by atoms with E-state index in [0.717, 1.165) is 25.9 Å². The summed E-state index contributed by atoms with van der Waals surface area (Å²) >= 11 is 7.55. The maximum absolute atomic E-state index is 12.9. The van der Waals surface area contributed by atoms with Crippen LogP contribution in [0.2, 0.25) is 5.02 Å². The van der Waals surface area contributed by atoms with Crippen molar-refractivity contribution in [3.63, 3.8) is 0 Å². The normalized spacial score (nSPS) is 16.2. The topological polar surface area (TPSA) is 61.4 Å². The minimum atomic E-state index is -0.226. The Balaban J connectivity index is 0.00000243. The molecule has 1 fully saturated rings. The summed E-state index contributed by atoms with van der Waals surface area (Å²) in [5, 5.41) is 8.18. The molecule has 8 heteroatoms. The van der Waals surface area contributed by atoms with E-state index in [2.05, 4.69) is 10.6 Å². The van der Waals surface area contributed by atoms with Crippen molar-refractivity contribution in [1.82, 2.24) is 10.2 Å². The Bertz CT molecular complexity index is 768. The average Bonchev–Trinajstić information content (AvgIpc) is 3.28. The van der Waals surface area contributed by atoms with E-state index in [4.69, 9.17) is 11.6 Å². The molecule has 0 aliphatic carbocycles. The number of hydrogen-bond acceptors (Lipinski definition) is 4. The van der Waals surface area contributed by atoms with Gasteiger partial charge in [-0.1, -0.05) is 17.7 Å². The largest absolute Gasteiger partial charge is 0.334 e. The third kappa shape index (κ3) is 4.57. The highest BCUT2D eigenvalue weighted by Gasteiger charge is 2.29. The van der Waals surface area contributed by atoms with E-state index in [1.807, 2.05) is 23.4 Å². The minimum Gasteiger partial charge on any atom is -0.334 e. The van der Waals surface area contributed by atoms with Crippen LogP contribution in [-0.4, -0.2) is 42.9 Å². The molecule has 0 spiro atoms. The summed E-state index contributed by atoms with van der Waals surface area (Å²) in [7, 11) is 1.89. The number of amides is 2. The van der Waals surface area contributed by atoms with Crippen molar-refractivity contribution in [3.05, 3.63) is 51.2 Å². The molecular weight excluding hydrogens is 393 g/mol. The van der Waals surface area contributed by atoms with E-state index in [9.17, 15) is 9.59 Å². The zero-order valence-corrected chi connectivity index (χ0v) is 16.7. The minimum absolute atomic E-state index is 0. The van der Waals surface area contributed by atoms with Gasteiger partial charge in [0.1, 0.15) is 0 Å². The molecule has 0 bridgehead atoms. The number of thiophene rings is 1. The Morgan fingerprint density at radius 3 is 2.85 bits per heavy atom. The van der Waals surface area contributed by atoms with Gasteiger partial charge < -0.3 is 15.5 Å². The van der Waals surface area contributed by atoms with Crippen molar-refractivity contribution in [2.45, 2.75) is 18.9 Å². The van der Waals surface area contributed by atoms with Gasteiger partial charge in [0, 0.05) is 24.7 Å². The molecule has 26 heavy (non-hydrogen) atoms. The number of benzene rings is 1. The molecule has 1 aromatic heterocycles. The number of hydrogen-bond donors (Lipinski definition) is 2. The summed E-state index contributed by atoms with van der Waals surface area (Å²) in [6.07, 6.45) is 2.01. The predicted molar refractivity (Wildman–Crippen MR) is 109 cm³/mol. The van der Waals surface area contributed by atoms with Crippen LogP contribution in [-0.2, 0) is 0 Å². The van der Waals surface area contributed by atoms with E-state index in [1.165, 1.54) is 11.3 Å². The lowest BCUT2D eigenvalue weighted by atomic mass is 10.1. The van der Waals surface area contributed by atoms with Crippen LogP contribution in [0.25, 0.3) is 0 Å². The van der Waals surface area contributed by atoms with E-state index in [1.54, 1.807) is 24.3 Å². The quantitative estimate of drug-likeness (QED) is 0.780. The second-order valence-corrected chi connectivity index (χ2v) is 7.33. The molecule has 140 valence electrons. The Kier molecular flexibility index (Phi) is 7.46. The average molecular weight is 414 g/mol. The number of halogens is 2. The fourth-order valence-electron chi connectivity index (χ4n) is 3.06. The van der Waals surface area contributed by atoms with Crippen LogP contribution < -0.4 is 10.6 Å². The number of carbonyl (C=O) groups excluding carboxylic acids is 2. The molecule has 0 saturated carbocycles. The molecular formula is C18H21Cl2N3O2S. The summed E-state index contributed by atoms with van der Waals surface area (Å²) in [6.45, 7) is 1.53. The molecule has 1 aromatic carbocycles. The predicted octanol–water partition coefficient (Wildman–Crippen LogP) is 3.90. The Labute approximate surface area is 168 Å². The molecule has 1 aliphatic heterocycles. The second-order valence-electron chi connectivity index (χ2n) is 5.98. The Morgan fingerprint density at radius 1 is 1.35 bits per heavy atom. The molecule has 2 N–H and O–H groups in total. The third-order valence-corrected chi connectivity index (χ3v) is 5.48. The number of likely N-dealkylation sites (tertiary alicyclic amines) is 1. The molecule has 1 atom stereocenters. The van der Waals surface area contributed by atoms with Crippen molar-refractivity contribution in [2.24, 2.45) is 0 Å². The lowest BCUT2D eigenvalue weighted by Gasteiger charge is -2.25. The van der Waals surface area contributed by atoms with E-state index < -0.39 is 0 Å². The highest BCUT2D eigenvalue weighted by Crippen LogP contribution is 2.27. The van der Waals surface area contributed by atoms with Crippen LogP contribution in [0.3, 0.4) is 0 Å². The molecule has 1 aliphatic rings. The van der Waals surface area contributed by atoms with Gasteiger partial charge in [-0.15, -0.1) is 23.7 Å². The van der Waals surface area contributed by atoms with Gasteiger partial charge >= 0.3 is 0 Å². The summed E-state index contributed by atoms with van der Waals surface area (Å²) < 4.78 is 0. The second kappa shape index (κ2) is 9.37. The zero-order chi connectivity index (χ0) is 17.8. The monoisotopic (exact) mass is 413 g/mol. The third-order valence-electron chi connectivity index (χ3n) is 4.28. The summed E-state index contributed by atoms with van der Waals surface area (Å²) in [4.78, 5) is 27.6. The standard InChI is InChI=1S/C18H20ClN3O2S.ClH/c1-20-11-13-4-2-8-22(13)18(24)12-6-7-14(19)15(10-12)21-17(23)16-5-3-9-25-16;/h3,5-7,9-10,13,20H,2,4,8,11H2,1H3,(H,21,23);1H. The summed E-state index contributed by atoms with van der Waals surface area (Å²) in [5.74, 6) is -0.253. The first-order valence-corrected chi connectivity index (χ1v) is 9.46. The van der Waals surface area contributed by atoms with E-state index in [0.29, 0.717) is 21.2 Å². The van der Waals surface area contributed by atoms with Gasteiger partial charge in [-0.2, -0.15) is 0 Å². The first-order valence-electron chi connectivity index (χ1n) is 8.20. The molecule has 1 unspecified atom stereocenters. The summed E-state index contributed by atoms with van der Waals surface area (Å²) in [5.41, 5.74) is 0.990. The first-order chi connectivity index (χ1) is 12.1. The van der Waals surface area contributed by atoms with Crippen LogP contribution in [0.5, 0.6) is 0 Å². The Morgan fingerprint density at radius 2 is 2.15 bits per heavy atom. The number of rotatable bonds is 5. The van der Waals surface area contributed by atoms with Crippen molar-refractivity contribution >= 4 is 52.8 Å². The smallest absolute Gasteiger partial charge is 0.265 e. The van der Waals surface area contributed by atoms with Crippen molar-refractivity contribution in [3.8, 4) is 0 Å². The van der Waals surface area contributed by atoms with Gasteiger partial charge in [-0.05, 0) is 49.5 Å². The maximum Gasteiger partial charge on any atom is 0.265 e. The molecule has 0 radical (unpaired) electrons. The molecule has 3 rings (SSSR count). The highest BCUT2D eigenvalue weighted by atomic mass is 35.5. The summed E-state index contributed by atoms with van der Waals surface area (Å²) in [6, 6.07) is 8.79. The molecule has 2 aromatic rings. The van der Waals surface area contributed by atoms with Gasteiger partial charge in [0.05, 0.1) is 15.6 Å². The van der Waals surface area contributed by atoms with Crippen LogP contribution in [0.15, 0.2) is 35.7 Å². The SMILES string of the molecule is CNCC1CCCN1C(=O)c1ccc(Cl)c(NC(=O)c2cccs2)c1.Cl.